The molecule has 5 heteroatoms. The van der Waals surface area contributed by atoms with Gasteiger partial charge < -0.3 is 14.5 Å². The topological polar surface area (TPSA) is 66.6 Å². The molecule has 1 aliphatic heterocycles. The van der Waals surface area contributed by atoms with E-state index in [9.17, 15) is 9.90 Å². The van der Waals surface area contributed by atoms with Crippen LogP contribution in [0.25, 0.3) is 0 Å². The van der Waals surface area contributed by atoms with Crippen molar-refractivity contribution < 1.29 is 14.4 Å². The van der Waals surface area contributed by atoms with Gasteiger partial charge in [-0.15, -0.1) is 0 Å². The van der Waals surface area contributed by atoms with Crippen LogP contribution in [0.3, 0.4) is 0 Å². The number of aryl methyl sites for hydroxylation is 2. The fourth-order valence-electron chi connectivity index (χ4n) is 3.10. The lowest BCUT2D eigenvalue weighted by molar-refractivity contribution is 0.0230. The van der Waals surface area contributed by atoms with Crippen LogP contribution in [0.15, 0.2) is 4.52 Å². The Labute approximate surface area is 126 Å². The first kappa shape index (κ1) is 16.0. The predicted octanol–water partition coefficient (Wildman–Crippen LogP) is 2.55. The molecule has 0 spiro atoms. The second-order valence-electron chi connectivity index (χ2n) is 7.13. The third-order valence-corrected chi connectivity index (χ3v) is 4.65. The van der Waals surface area contributed by atoms with Crippen LogP contribution in [0.2, 0.25) is 0 Å². The van der Waals surface area contributed by atoms with Crippen LogP contribution < -0.4 is 0 Å². The van der Waals surface area contributed by atoms with E-state index in [1.54, 1.807) is 13.8 Å². The van der Waals surface area contributed by atoms with Crippen LogP contribution in [0, 0.1) is 25.2 Å². The highest BCUT2D eigenvalue weighted by Crippen LogP contribution is 2.36. The third-order valence-electron chi connectivity index (χ3n) is 4.65. The van der Waals surface area contributed by atoms with E-state index in [-0.39, 0.29) is 24.0 Å². The van der Waals surface area contributed by atoms with Crippen LogP contribution in [-0.2, 0) is 0 Å². The van der Waals surface area contributed by atoms with E-state index < -0.39 is 0 Å². The first-order valence-corrected chi connectivity index (χ1v) is 7.60. The Bertz CT molecular complexity index is 497. The van der Waals surface area contributed by atoms with Crippen molar-refractivity contribution in [2.24, 2.45) is 11.3 Å². The zero-order valence-corrected chi connectivity index (χ0v) is 13.6. The van der Waals surface area contributed by atoms with Crippen molar-refractivity contribution in [2.45, 2.75) is 53.5 Å². The normalized spacial score (nSPS) is 23.4. The highest BCUT2D eigenvalue weighted by Gasteiger charge is 2.38. The Morgan fingerprint density at radius 2 is 2.05 bits per heavy atom. The van der Waals surface area contributed by atoms with Crippen molar-refractivity contribution in [1.82, 2.24) is 10.1 Å². The first-order valence-electron chi connectivity index (χ1n) is 7.60. The summed E-state index contributed by atoms with van der Waals surface area (Å²) in [7, 11) is 0. The van der Waals surface area contributed by atoms with E-state index in [1.807, 2.05) is 4.90 Å². The highest BCUT2D eigenvalue weighted by atomic mass is 16.5. The fourth-order valence-corrected chi connectivity index (χ4v) is 3.10. The van der Waals surface area contributed by atoms with Crippen molar-refractivity contribution in [3.05, 3.63) is 17.0 Å². The van der Waals surface area contributed by atoms with Crippen molar-refractivity contribution in [3.8, 4) is 0 Å². The molecule has 1 aromatic heterocycles. The molecular weight excluding hydrogens is 268 g/mol. The molecule has 2 atom stereocenters. The SMILES string of the molecule is Cc1noc(C)c1C(=O)N1CC(C(C)(C)C)CCC1CO. The maximum absolute atomic E-state index is 12.9. The molecule has 5 nitrogen and oxygen atoms in total. The summed E-state index contributed by atoms with van der Waals surface area (Å²) in [6, 6.07) is -0.107. The monoisotopic (exact) mass is 294 g/mol. The average molecular weight is 294 g/mol. The highest BCUT2D eigenvalue weighted by molar-refractivity contribution is 5.96. The van der Waals surface area contributed by atoms with Gasteiger partial charge in [0.05, 0.1) is 18.3 Å². The molecular formula is C16H26N2O3. The van der Waals surface area contributed by atoms with E-state index >= 15 is 0 Å². The van der Waals surface area contributed by atoms with E-state index in [1.165, 1.54) is 0 Å². The molecule has 2 heterocycles. The molecule has 1 fully saturated rings. The number of hydrogen-bond acceptors (Lipinski definition) is 4. The number of nitrogens with zero attached hydrogens (tertiary/aromatic N) is 2. The van der Waals surface area contributed by atoms with Gasteiger partial charge in [-0.05, 0) is 38.0 Å². The summed E-state index contributed by atoms with van der Waals surface area (Å²) in [5.41, 5.74) is 1.31. The lowest BCUT2D eigenvalue weighted by atomic mass is 9.75. The number of likely N-dealkylation sites (tertiary alicyclic amines) is 1. The van der Waals surface area contributed by atoms with Gasteiger partial charge in [-0.1, -0.05) is 25.9 Å². The molecule has 0 bridgehead atoms. The maximum Gasteiger partial charge on any atom is 0.259 e. The number of aliphatic hydroxyl groups excluding tert-OH is 1. The molecule has 118 valence electrons. The lowest BCUT2D eigenvalue weighted by Gasteiger charge is -2.43. The van der Waals surface area contributed by atoms with Crippen LogP contribution in [0.5, 0.6) is 0 Å². The minimum absolute atomic E-state index is 0.00593. The minimum atomic E-state index is -0.107. The van der Waals surface area contributed by atoms with Gasteiger partial charge in [-0.3, -0.25) is 4.79 Å². The van der Waals surface area contributed by atoms with Crippen molar-refractivity contribution in [3.63, 3.8) is 0 Å². The van der Waals surface area contributed by atoms with Gasteiger partial charge in [-0.25, -0.2) is 0 Å². The first-order chi connectivity index (χ1) is 9.75. The smallest absolute Gasteiger partial charge is 0.259 e. The Kier molecular flexibility index (Phi) is 4.42. The van der Waals surface area contributed by atoms with Gasteiger partial charge in [0, 0.05) is 6.54 Å². The van der Waals surface area contributed by atoms with Crippen LogP contribution in [0.1, 0.15) is 55.4 Å². The van der Waals surface area contributed by atoms with Crippen molar-refractivity contribution in [1.29, 1.82) is 0 Å². The molecule has 2 rings (SSSR count). The van der Waals surface area contributed by atoms with Crippen LogP contribution in [-0.4, -0.2) is 40.3 Å². The molecule has 1 saturated heterocycles. The zero-order chi connectivity index (χ0) is 15.8. The molecule has 0 aromatic carbocycles. The molecule has 1 aromatic rings. The summed E-state index contributed by atoms with van der Waals surface area (Å²) >= 11 is 0. The van der Waals surface area contributed by atoms with Crippen molar-refractivity contribution >= 4 is 5.91 Å². The average Bonchev–Trinajstić information content (AvgIpc) is 2.75. The largest absolute Gasteiger partial charge is 0.394 e. The number of aliphatic hydroxyl groups is 1. The summed E-state index contributed by atoms with van der Waals surface area (Å²) in [6.45, 7) is 10.8. The molecule has 1 N–H and O–H groups in total. The van der Waals surface area contributed by atoms with Gasteiger partial charge in [0.1, 0.15) is 11.3 Å². The Morgan fingerprint density at radius 1 is 1.38 bits per heavy atom. The van der Waals surface area contributed by atoms with Gasteiger partial charge in [-0.2, -0.15) is 0 Å². The summed E-state index contributed by atoms with van der Waals surface area (Å²) in [5, 5.41) is 13.5. The summed E-state index contributed by atoms with van der Waals surface area (Å²) in [5.74, 6) is 0.913. The number of piperidine rings is 1. The number of carbonyl (C=O) groups is 1. The Balaban J connectivity index is 2.27. The Hall–Kier alpha value is -1.36. The third kappa shape index (κ3) is 3.12. The van der Waals surface area contributed by atoms with Gasteiger partial charge in [0.15, 0.2) is 0 Å². The number of carbonyl (C=O) groups excluding carboxylic acids is 1. The summed E-state index contributed by atoms with van der Waals surface area (Å²) in [4.78, 5) is 14.7. The van der Waals surface area contributed by atoms with Gasteiger partial charge in [0.25, 0.3) is 5.91 Å². The van der Waals surface area contributed by atoms with Crippen LogP contribution in [0.4, 0.5) is 0 Å². The predicted molar refractivity (Wildman–Crippen MR) is 80.1 cm³/mol. The Morgan fingerprint density at radius 3 is 2.52 bits per heavy atom. The molecule has 1 aliphatic rings. The molecule has 0 aliphatic carbocycles. The van der Waals surface area contributed by atoms with Gasteiger partial charge >= 0.3 is 0 Å². The van der Waals surface area contributed by atoms with Crippen molar-refractivity contribution in [2.75, 3.05) is 13.2 Å². The van der Waals surface area contributed by atoms with Gasteiger partial charge in [0.2, 0.25) is 0 Å². The van der Waals surface area contributed by atoms with Crippen LogP contribution >= 0.6 is 0 Å². The summed E-state index contributed by atoms with van der Waals surface area (Å²) in [6.07, 6.45) is 1.88. The van der Waals surface area contributed by atoms with E-state index in [2.05, 4.69) is 25.9 Å². The molecule has 0 radical (unpaired) electrons. The number of hydrogen-bond donors (Lipinski definition) is 1. The second-order valence-corrected chi connectivity index (χ2v) is 7.13. The number of amides is 1. The molecule has 1 amide bonds. The summed E-state index contributed by atoms with van der Waals surface area (Å²) < 4.78 is 5.11. The fraction of sp³-hybridized carbons (Fsp3) is 0.750. The molecule has 0 saturated carbocycles. The lowest BCUT2D eigenvalue weighted by Crippen LogP contribution is -2.51. The molecule has 21 heavy (non-hydrogen) atoms. The standard InChI is InChI=1S/C16H26N2O3/c1-10-14(11(2)21-17-10)15(20)18-8-12(16(3,4)5)6-7-13(18)9-19/h12-13,19H,6-9H2,1-5H3. The number of aromatic nitrogens is 1. The molecule has 2 unspecified atom stereocenters. The zero-order valence-electron chi connectivity index (χ0n) is 13.6. The number of rotatable bonds is 2. The maximum atomic E-state index is 12.9. The van der Waals surface area contributed by atoms with E-state index in [4.69, 9.17) is 4.52 Å². The second kappa shape index (κ2) is 5.79. The van der Waals surface area contributed by atoms with E-state index in [0.29, 0.717) is 29.5 Å². The minimum Gasteiger partial charge on any atom is -0.394 e. The van der Waals surface area contributed by atoms with E-state index in [0.717, 1.165) is 12.8 Å². The quantitative estimate of drug-likeness (QED) is 0.910.